The standard InChI is InChI=1S/C17H29N3/c1-14(2)18-11-6-7-15(3)13-16-10-12-20(19-16)17-8-4-5-9-17/h7,10,12,14,17-18H,4-6,8-9,11,13H2,1-3H3. The third kappa shape index (κ3) is 4.78. The van der Waals surface area contributed by atoms with Crippen molar-refractivity contribution < 1.29 is 0 Å². The number of rotatable bonds is 7. The molecule has 20 heavy (non-hydrogen) atoms. The molecule has 0 aromatic carbocycles. The van der Waals surface area contributed by atoms with Crippen LogP contribution in [0, 0.1) is 0 Å². The summed E-state index contributed by atoms with van der Waals surface area (Å²) in [5.41, 5.74) is 2.63. The molecule has 112 valence electrons. The number of allylic oxidation sites excluding steroid dienone is 1. The Kier molecular flexibility index (Phi) is 5.84. The number of aromatic nitrogens is 2. The summed E-state index contributed by atoms with van der Waals surface area (Å²) in [7, 11) is 0. The summed E-state index contributed by atoms with van der Waals surface area (Å²) in [5.74, 6) is 0. The minimum absolute atomic E-state index is 0.575. The summed E-state index contributed by atoms with van der Waals surface area (Å²) in [6, 6.07) is 3.41. The SMILES string of the molecule is CC(=CCCNC(C)C)Cc1ccn(C2CCCC2)n1. The van der Waals surface area contributed by atoms with E-state index in [9.17, 15) is 0 Å². The summed E-state index contributed by atoms with van der Waals surface area (Å²) in [6.07, 6.45) is 11.9. The lowest BCUT2D eigenvalue weighted by Crippen LogP contribution is -2.23. The Morgan fingerprint density at radius 1 is 1.45 bits per heavy atom. The normalized spacial score (nSPS) is 17.3. The first-order valence-electron chi connectivity index (χ1n) is 8.08. The van der Waals surface area contributed by atoms with E-state index in [4.69, 9.17) is 5.10 Å². The molecule has 2 rings (SSSR count). The van der Waals surface area contributed by atoms with Crippen molar-refractivity contribution in [1.82, 2.24) is 15.1 Å². The van der Waals surface area contributed by atoms with Gasteiger partial charge in [-0.15, -0.1) is 0 Å². The van der Waals surface area contributed by atoms with Crippen molar-refractivity contribution in [3.05, 3.63) is 29.6 Å². The lowest BCUT2D eigenvalue weighted by molar-refractivity contribution is 0.463. The van der Waals surface area contributed by atoms with E-state index in [-0.39, 0.29) is 0 Å². The zero-order valence-electron chi connectivity index (χ0n) is 13.2. The highest BCUT2D eigenvalue weighted by atomic mass is 15.3. The molecule has 1 fully saturated rings. The third-order valence-corrected chi connectivity index (χ3v) is 4.01. The van der Waals surface area contributed by atoms with Crippen molar-refractivity contribution in [2.24, 2.45) is 0 Å². The maximum Gasteiger partial charge on any atom is 0.0664 e. The van der Waals surface area contributed by atoms with Gasteiger partial charge in [-0.05, 0) is 38.8 Å². The van der Waals surface area contributed by atoms with Gasteiger partial charge in [0.1, 0.15) is 0 Å². The van der Waals surface area contributed by atoms with E-state index >= 15 is 0 Å². The largest absolute Gasteiger partial charge is 0.314 e. The van der Waals surface area contributed by atoms with Gasteiger partial charge in [0.2, 0.25) is 0 Å². The summed E-state index contributed by atoms with van der Waals surface area (Å²) < 4.78 is 2.19. The number of nitrogens with one attached hydrogen (secondary N) is 1. The van der Waals surface area contributed by atoms with E-state index in [1.54, 1.807) is 0 Å². The molecule has 1 aliphatic carbocycles. The summed E-state index contributed by atoms with van der Waals surface area (Å²) in [4.78, 5) is 0. The monoisotopic (exact) mass is 275 g/mol. The zero-order chi connectivity index (χ0) is 14.4. The van der Waals surface area contributed by atoms with Crippen LogP contribution < -0.4 is 5.32 Å². The molecule has 0 unspecified atom stereocenters. The van der Waals surface area contributed by atoms with Crippen LogP contribution >= 0.6 is 0 Å². The third-order valence-electron chi connectivity index (χ3n) is 4.01. The molecule has 1 saturated carbocycles. The molecule has 1 heterocycles. The van der Waals surface area contributed by atoms with E-state index in [1.165, 1.54) is 37.0 Å². The van der Waals surface area contributed by atoms with E-state index < -0.39 is 0 Å². The fraction of sp³-hybridized carbons (Fsp3) is 0.706. The Balaban J connectivity index is 1.78. The smallest absolute Gasteiger partial charge is 0.0664 e. The molecule has 0 aliphatic heterocycles. The summed E-state index contributed by atoms with van der Waals surface area (Å²) >= 11 is 0. The van der Waals surface area contributed by atoms with Crippen molar-refractivity contribution in [2.75, 3.05) is 6.54 Å². The second kappa shape index (κ2) is 7.63. The summed E-state index contributed by atoms with van der Waals surface area (Å²) in [5, 5.41) is 8.19. The molecule has 3 nitrogen and oxygen atoms in total. The molecule has 0 radical (unpaired) electrons. The Morgan fingerprint density at radius 2 is 2.20 bits per heavy atom. The Bertz CT molecular complexity index is 425. The molecular formula is C17H29N3. The predicted octanol–water partition coefficient (Wildman–Crippen LogP) is 3.88. The van der Waals surface area contributed by atoms with Crippen LogP contribution in [-0.4, -0.2) is 22.4 Å². The fourth-order valence-electron chi connectivity index (χ4n) is 2.89. The molecule has 0 amide bonds. The molecule has 1 aromatic rings. The van der Waals surface area contributed by atoms with E-state index in [1.807, 2.05) is 0 Å². The minimum atomic E-state index is 0.575. The molecule has 0 bridgehead atoms. The van der Waals surface area contributed by atoms with Crippen LogP contribution in [0.3, 0.4) is 0 Å². The lowest BCUT2D eigenvalue weighted by Gasteiger charge is -2.09. The number of nitrogens with zero attached hydrogens (tertiary/aromatic N) is 2. The Labute approximate surface area is 123 Å². The maximum atomic E-state index is 4.75. The van der Waals surface area contributed by atoms with Crippen LogP contribution in [0.1, 0.15) is 64.6 Å². The number of hydrogen-bond acceptors (Lipinski definition) is 2. The van der Waals surface area contributed by atoms with Gasteiger partial charge in [0.15, 0.2) is 0 Å². The Morgan fingerprint density at radius 3 is 2.90 bits per heavy atom. The van der Waals surface area contributed by atoms with E-state index in [2.05, 4.69) is 49.1 Å². The van der Waals surface area contributed by atoms with Crippen LogP contribution in [0.2, 0.25) is 0 Å². The first kappa shape index (κ1) is 15.3. The van der Waals surface area contributed by atoms with Crippen molar-refractivity contribution in [3.63, 3.8) is 0 Å². The number of hydrogen-bond donors (Lipinski definition) is 1. The molecule has 1 aromatic heterocycles. The molecule has 0 atom stereocenters. The van der Waals surface area contributed by atoms with Crippen LogP contribution in [0.15, 0.2) is 23.9 Å². The minimum Gasteiger partial charge on any atom is -0.314 e. The molecule has 0 spiro atoms. The van der Waals surface area contributed by atoms with Gasteiger partial charge in [0.25, 0.3) is 0 Å². The zero-order valence-corrected chi connectivity index (χ0v) is 13.2. The highest BCUT2D eigenvalue weighted by Crippen LogP contribution is 2.28. The van der Waals surface area contributed by atoms with Crippen LogP contribution in [-0.2, 0) is 6.42 Å². The molecule has 0 saturated heterocycles. The van der Waals surface area contributed by atoms with Gasteiger partial charge >= 0.3 is 0 Å². The van der Waals surface area contributed by atoms with Crippen molar-refractivity contribution in [2.45, 2.75) is 71.4 Å². The van der Waals surface area contributed by atoms with Crippen LogP contribution in [0.25, 0.3) is 0 Å². The predicted molar refractivity (Wildman–Crippen MR) is 84.9 cm³/mol. The van der Waals surface area contributed by atoms with Gasteiger partial charge in [-0.2, -0.15) is 5.10 Å². The maximum absolute atomic E-state index is 4.75. The summed E-state index contributed by atoms with van der Waals surface area (Å²) in [6.45, 7) is 7.65. The van der Waals surface area contributed by atoms with E-state index in [0.717, 1.165) is 19.4 Å². The van der Waals surface area contributed by atoms with Gasteiger partial charge < -0.3 is 5.32 Å². The topological polar surface area (TPSA) is 29.9 Å². The lowest BCUT2D eigenvalue weighted by atomic mass is 10.1. The van der Waals surface area contributed by atoms with Crippen molar-refractivity contribution in [3.8, 4) is 0 Å². The average molecular weight is 275 g/mol. The second-order valence-electron chi connectivity index (χ2n) is 6.35. The van der Waals surface area contributed by atoms with Gasteiger partial charge in [0.05, 0.1) is 11.7 Å². The van der Waals surface area contributed by atoms with Gasteiger partial charge in [-0.1, -0.05) is 38.3 Å². The highest BCUT2D eigenvalue weighted by Gasteiger charge is 2.17. The van der Waals surface area contributed by atoms with Gasteiger partial charge in [0, 0.05) is 18.7 Å². The van der Waals surface area contributed by atoms with Crippen molar-refractivity contribution in [1.29, 1.82) is 0 Å². The van der Waals surface area contributed by atoms with Gasteiger partial charge in [-0.3, -0.25) is 4.68 Å². The fourth-order valence-corrected chi connectivity index (χ4v) is 2.89. The average Bonchev–Trinajstić information content (AvgIpc) is 3.04. The first-order valence-corrected chi connectivity index (χ1v) is 8.08. The quantitative estimate of drug-likeness (QED) is 0.604. The molecule has 3 heteroatoms. The Hall–Kier alpha value is -1.09. The van der Waals surface area contributed by atoms with Gasteiger partial charge in [-0.25, -0.2) is 0 Å². The molecular weight excluding hydrogens is 246 g/mol. The van der Waals surface area contributed by atoms with Crippen molar-refractivity contribution >= 4 is 0 Å². The second-order valence-corrected chi connectivity index (χ2v) is 6.35. The van der Waals surface area contributed by atoms with E-state index in [0.29, 0.717) is 12.1 Å². The highest BCUT2D eigenvalue weighted by molar-refractivity contribution is 5.12. The van der Waals surface area contributed by atoms with Crippen LogP contribution in [0.5, 0.6) is 0 Å². The molecule has 1 N–H and O–H groups in total. The first-order chi connectivity index (χ1) is 9.65. The molecule has 1 aliphatic rings. The van der Waals surface area contributed by atoms with Crippen LogP contribution in [0.4, 0.5) is 0 Å².